The first-order chi connectivity index (χ1) is 13.6. The molecule has 1 amide bonds. The Morgan fingerprint density at radius 2 is 2.18 bits per heavy atom. The number of aromatic nitrogens is 2. The van der Waals surface area contributed by atoms with Crippen LogP contribution in [0.15, 0.2) is 36.4 Å². The van der Waals surface area contributed by atoms with Crippen LogP contribution in [0.4, 0.5) is 0 Å². The van der Waals surface area contributed by atoms with Crippen LogP contribution >= 0.6 is 0 Å². The maximum atomic E-state index is 11.3. The largest absolute Gasteiger partial charge is 0.507 e. The Morgan fingerprint density at radius 3 is 2.79 bits per heavy atom. The number of likely N-dealkylation sites (N-methyl/N-ethyl adjacent to an activating group) is 1. The fourth-order valence-corrected chi connectivity index (χ4v) is 3.88. The number of benzene rings is 1. The van der Waals surface area contributed by atoms with Crippen molar-refractivity contribution in [2.75, 3.05) is 13.6 Å². The Balaban J connectivity index is 1.45. The molecule has 7 heteroatoms. The summed E-state index contributed by atoms with van der Waals surface area (Å²) in [7, 11) is 1.56. The Labute approximate surface area is 163 Å². The number of carbonyl (C=O) groups excluding carboxylic acids is 1. The zero-order valence-corrected chi connectivity index (χ0v) is 15.8. The van der Waals surface area contributed by atoms with Gasteiger partial charge in [-0.05, 0) is 49.1 Å². The number of hydrogen-bond acceptors (Lipinski definition) is 6. The van der Waals surface area contributed by atoms with Crippen molar-refractivity contribution in [1.82, 2.24) is 20.8 Å². The van der Waals surface area contributed by atoms with Crippen molar-refractivity contribution in [3.63, 3.8) is 0 Å². The maximum absolute atomic E-state index is 11.3. The molecule has 2 aromatic rings. The summed E-state index contributed by atoms with van der Waals surface area (Å²) in [5.74, 6) is 0.932. The molecule has 0 spiro atoms. The molecule has 3 aliphatic rings. The van der Waals surface area contributed by atoms with Gasteiger partial charge in [-0.15, -0.1) is 10.2 Å². The first kappa shape index (κ1) is 18.4. The predicted octanol–water partition coefficient (Wildman–Crippen LogP) is 2.13. The van der Waals surface area contributed by atoms with Crippen LogP contribution in [0.25, 0.3) is 17.3 Å². The van der Waals surface area contributed by atoms with E-state index in [0.29, 0.717) is 29.1 Å². The van der Waals surface area contributed by atoms with E-state index in [9.17, 15) is 9.90 Å². The normalized spacial score (nSPS) is 23.7. The maximum Gasteiger partial charge on any atom is 0.243 e. The summed E-state index contributed by atoms with van der Waals surface area (Å²) in [4.78, 5) is 11.3. The van der Waals surface area contributed by atoms with Gasteiger partial charge in [-0.25, -0.2) is 0 Å². The van der Waals surface area contributed by atoms with Crippen molar-refractivity contribution in [3.8, 4) is 22.9 Å². The molecule has 2 aliphatic heterocycles. The van der Waals surface area contributed by atoms with Gasteiger partial charge in [-0.1, -0.05) is 6.07 Å². The molecule has 1 saturated carbocycles. The van der Waals surface area contributed by atoms with Gasteiger partial charge in [-0.2, -0.15) is 0 Å². The predicted molar refractivity (Wildman–Crippen MR) is 106 cm³/mol. The lowest BCUT2D eigenvalue weighted by Crippen LogP contribution is -2.53. The quantitative estimate of drug-likeness (QED) is 0.688. The summed E-state index contributed by atoms with van der Waals surface area (Å²) in [5, 5.41) is 24.8. The van der Waals surface area contributed by atoms with Crippen LogP contribution in [0, 0.1) is 5.92 Å². The average Bonchev–Trinajstić information content (AvgIpc) is 2.74. The number of hydrogen-bond donors (Lipinski definition) is 3. The van der Waals surface area contributed by atoms with E-state index in [1.54, 1.807) is 37.4 Å². The number of nitrogens with zero attached hydrogens (tertiary/aromatic N) is 2. The molecule has 3 atom stereocenters. The molecule has 2 bridgehead atoms. The van der Waals surface area contributed by atoms with Crippen LogP contribution in [-0.4, -0.2) is 46.9 Å². The van der Waals surface area contributed by atoms with Crippen molar-refractivity contribution in [2.45, 2.75) is 31.4 Å². The van der Waals surface area contributed by atoms with Crippen molar-refractivity contribution in [1.29, 1.82) is 0 Å². The van der Waals surface area contributed by atoms with Crippen molar-refractivity contribution in [3.05, 3.63) is 42.0 Å². The lowest BCUT2D eigenvalue weighted by Gasteiger charge is -2.42. The first-order valence-electron chi connectivity index (χ1n) is 9.59. The van der Waals surface area contributed by atoms with Crippen molar-refractivity contribution in [2.24, 2.45) is 5.92 Å². The molecule has 5 rings (SSSR count). The van der Waals surface area contributed by atoms with Gasteiger partial charge in [-0.3, -0.25) is 4.79 Å². The van der Waals surface area contributed by atoms with Gasteiger partial charge in [0.05, 0.1) is 5.69 Å². The van der Waals surface area contributed by atoms with Crippen LogP contribution in [0.3, 0.4) is 0 Å². The molecule has 1 aromatic carbocycles. The van der Waals surface area contributed by atoms with E-state index >= 15 is 0 Å². The molecule has 3 heterocycles. The summed E-state index contributed by atoms with van der Waals surface area (Å²) in [6.07, 6.45) is 6.68. The van der Waals surface area contributed by atoms with Crippen LogP contribution in [0.5, 0.6) is 11.6 Å². The fraction of sp³-hybridized carbons (Fsp3) is 0.381. The summed E-state index contributed by atoms with van der Waals surface area (Å²) >= 11 is 0. The van der Waals surface area contributed by atoms with E-state index in [1.807, 2.05) is 6.07 Å². The highest BCUT2D eigenvalue weighted by molar-refractivity contribution is 5.91. The zero-order valence-electron chi connectivity index (χ0n) is 15.8. The van der Waals surface area contributed by atoms with E-state index in [0.717, 1.165) is 18.5 Å². The minimum atomic E-state index is -0.202. The van der Waals surface area contributed by atoms with Crippen LogP contribution in [-0.2, 0) is 4.79 Å². The average molecular weight is 380 g/mol. The Morgan fingerprint density at radius 1 is 1.29 bits per heavy atom. The van der Waals surface area contributed by atoms with E-state index in [4.69, 9.17) is 4.74 Å². The fourth-order valence-electron chi connectivity index (χ4n) is 3.88. The molecule has 146 valence electrons. The lowest BCUT2D eigenvalue weighted by molar-refractivity contribution is -0.115. The molecule has 2 unspecified atom stereocenters. The molecule has 0 radical (unpaired) electrons. The number of carbonyl (C=O) groups is 1. The lowest BCUT2D eigenvalue weighted by atomic mass is 9.79. The minimum absolute atomic E-state index is 0.0812. The molecule has 7 nitrogen and oxygen atoms in total. The molecule has 1 aromatic heterocycles. The van der Waals surface area contributed by atoms with Gasteiger partial charge in [0.2, 0.25) is 11.8 Å². The number of phenols is 1. The van der Waals surface area contributed by atoms with Gasteiger partial charge in [0.1, 0.15) is 11.9 Å². The van der Waals surface area contributed by atoms with E-state index in [-0.39, 0.29) is 17.8 Å². The van der Waals surface area contributed by atoms with E-state index < -0.39 is 0 Å². The van der Waals surface area contributed by atoms with Gasteiger partial charge < -0.3 is 20.5 Å². The Bertz CT molecular complexity index is 874. The summed E-state index contributed by atoms with van der Waals surface area (Å²) < 4.78 is 6.07. The molecule has 28 heavy (non-hydrogen) atoms. The number of nitrogens with one attached hydrogen (secondary N) is 2. The third-order valence-corrected chi connectivity index (χ3v) is 5.48. The van der Waals surface area contributed by atoms with Crippen molar-refractivity contribution >= 4 is 12.0 Å². The number of piperidine rings is 2. The van der Waals surface area contributed by atoms with Gasteiger partial charge in [0, 0.05) is 43.3 Å². The third kappa shape index (κ3) is 3.99. The Kier molecular flexibility index (Phi) is 5.25. The van der Waals surface area contributed by atoms with E-state index in [2.05, 4.69) is 20.8 Å². The summed E-state index contributed by atoms with van der Waals surface area (Å²) in [6.45, 7) is 1.01. The molecule has 1 aliphatic carbocycles. The highest BCUT2D eigenvalue weighted by atomic mass is 16.5. The van der Waals surface area contributed by atoms with Gasteiger partial charge in [0.15, 0.2) is 0 Å². The summed E-state index contributed by atoms with van der Waals surface area (Å²) in [5.41, 5.74) is 1.87. The number of fused-ring (bicyclic) bond motifs is 3. The number of ether oxygens (including phenoxy) is 1. The third-order valence-electron chi connectivity index (χ3n) is 5.48. The molecule has 3 N–H and O–H groups in total. The topological polar surface area (TPSA) is 96.4 Å². The Hall–Kier alpha value is -2.93. The number of amides is 1. The number of phenolic OH excluding ortho intramolecular Hbond substituents is 1. The van der Waals surface area contributed by atoms with E-state index in [1.165, 1.54) is 18.9 Å². The van der Waals surface area contributed by atoms with Crippen molar-refractivity contribution < 1.29 is 14.6 Å². The zero-order chi connectivity index (χ0) is 19.5. The second kappa shape index (κ2) is 7.98. The van der Waals surface area contributed by atoms with Crippen LogP contribution < -0.4 is 15.4 Å². The first-order valence-corrected chi connectivity index (χ1v) is 9.59. The summed E-state index contributed by atoms with van der Waals surface area (Å²) in [6, 6.07) is 9.32. The molecule has 3 fully saturated rings. The highest BCUT2D eigenvalue weighted by Gasteiger charge is 2.36. The smallest absolute Gasteiger partial charge is 0.243 e. The minimum Gasteiger partial charge on any atom is -0.507 e. The standard InChI is InChI=1S/C21H24N4O3/c1-22-20(27)8-3-13-2-6-16(18(26)10-13)17-7-9-21(25-24-17)28-19-11-15-5-4-14(19)12-23-15/h2-3,6-10,14-15,19,23,26H,4-5,11-12H2,1H3,(H,22,27)/b8-3+/t14?,15?,19-/m1/s1. The van der Waals surface area contributed by atoms with Gasteiger partial charge in [0.25, 0.3) is 0 Å². The SMILES string of the molecule is CNC(=O)/C=C/c1ccc(-c2ccc(O[C@@H]3CC4CCC3CN4)nn2)c(O)c1. The second-order valence-electron chi connectivity index (χ2n) is 7.32. The van der Waals surface area contributed by atoms with Crippen LogP contribution in [0.1, 0.15) is 24.8 Å². The monoisotopic (exact) mass is 380 g/mol. The number of aromatic hydroxyl groups is 1. The molecular formula is C21H24N4O3. The second-order valence-corrected chi connectivity index (χ2v) is 7.32. The number of rotatable bonds is 5. The van der Waals surface area contributed by atoms with Gasteiger partial charge >= 0.3 is 0 Å². The molecular weight excluding hydrogens is 356 g/mol. The highest BCUT2D eigenvalue weighted by Crippen LogP contribution is 2.33. The van der Waals surface area contributed by atoms with Crippen LogP contribution in [0.2, 0.25) is 0 Å². The molecule has 2 saturated heterocycles.